The van der Waals surface area contributed by atoms with Crippen LogP contribution in [0.15, 0.2) is 29.3 Å². The Bertz CT molecular complexity index is 909. The Morgan fingerprint density at radius 3 is 2.54 bits per heavy atom. The maximum absolute atomic E-state index is 12.6. The molecule has 0 fully saturated rings. The molecule has 0 saturated heterocycles. The lowest BCUT2D eigenvalue weighted by Gasteiger charge is -2.09. The SMILES string of the molecule is CCOC(=O)CNC(=O)c1c(S(=O)(=O)Nc2ccc(Cl)cc2)n[nH]c1C. The Hall–Kier alpha value is -2.59. The number of hydrogen-bond donors (Lipinski definition) is 3. The highest BCUT2D eigenvalue weighted by molar-refractivity contribution is 7.92. The van der Waals surface area contributed by atoms with Gasteiger partial charge in [-0.1, -0.05) is 11.6 Å². The summed E-state index contributed by atoms with van der Waals surface area (Å²) in [5, 5.41) is 8.45. The van der Waals surface area contributed by atoms with E-state index in [-0.39, 0.29) is 30.1 Å². The Morgan fingerprint density at radius 1 is 1.27 bits per heavy atom. The zero-order valence-electron chi connectivity index (χ0n) is 14.0. The van der Waals surface area contributed by atoms with Crippen LogP contribution in [-0.2, 0) is 19.6 Å². The number of ether oxygens (including phenoxy) is 1. The number of benzene rings is 1. The molecule has 1 aromatic carbocycles. The van der Waals surface area contributed by atoms with Crippen molar-refractivity contribution in [3.8, 4) is 0 Å². The molecule has 9 nitrogen and oxygen atoms in total. The largest absolute Gasteiger partial charge is 0.465 e. The first kappa shape index (κ1) is 19.7. The molecule has 1 aromatic heterocycles. The molecule has 26 heavy (non-hydrogen) atoms. The standard InChI is InChI=1S/C15H17ClN4O5S/c1-3-25-12(21)8-17-14(22)13-9(2)18-19-15(13)26(23,24)20-11-6-4-10(16)5-7-11/h4-7,20H,3,8H2,1-2H3,(H,17,22)(H,18,19). The summed E-state index contributed by atoms with van der Waals surface area (Å²) < 4.78 is 32.2. The van der Waals surface area contributed by atoms with Crippen LogP contribution in [0.4, 0.5) is 5.69 Å². The second kappa shape index (κ2) is 8.19. The first-order valence-corrected chi connectivity index (χ1v) is 9.38. The molecular formula is C15H17ClN4O5S. The summed E-state index contributed by atoms with van der Waals surface area (Å²) >= 11 is 5.77. The number of aryl methyl sites for hydroxylation is 1. The molecule has 0 bridgehead atoms. The van der Waals surface area contributed by atoms with Crippen LogP contribution in [0.3, 0.4) is 0 Å². The van der Waals surface area contributed by atoms with Gasteiger partial charge in [0.25, 0.3) is 15.9 Å². The first-order valence-electron chi connectivity index (χ1n) is 7.51. The summed E-state index contributed by atoms with van der Waals surface area (Å²) in [6.07, 6.45) is 0. The van der Waals surface area contributed by atoms with Crippen molar-refractivity contribution >= 4 is 39.2 Å². The summed E-state index contributed by atoms with van der Waals surface area (Å²) in [4.78, 5) is 23.7. The van der Waals surface area contributed by atoms with E-state index in [1.807, 2.05) is 0 Å². The van der Waals surface area contributed by atoms with Crippen LogP contribution >= 0.6 is 11.6 Å². The molecule has 1 amide bonds. The van der Waals surface area contributed by atoms with Gasteiger partial charge >= 0.3 is 5.97 Å². The molecule has 0 atom stereocenters. The van der Waals surface area contributed by atoms with Crippen molar-refractivity contribution in [2.45, 2.75) is 18.9 Å². The number of aromatic nitrogens is 2. The van der Waals surface area contributed by atoms with Gasteiger partial charge in [-0.25, -0.2) is 0 Å². The summed E-state index contributed by atoms with van der Waals surface area (Å²) in [7, 11) is -4.14. The van der Waals surface area contributed by atoms with E-state index >= 15 is 0 Å². The number of carbonyl (C=O) groups is 2. The number of amides is 1. The highest BCUT2D eigenvalue weighted by atomic mass is 35.5. The fourth-order valence-corrected chi connectivity index (χ4v) is 3.39. The third-order valence-corrected chi connectivity index (χ3v) is 4.75. The van der Waals surface area contributed by atoms with E-state index in [4.69, 9.17) is 16.3 Å². The number of sulfonamides is 1. The molecule has 0 aliphatic heterocycles. The minimum atomic E-state index is -4.14. The van der Waals surface area contributed by atoms with Gasteiger partial charge in [0.15, 0.2) is 0 Å². The van der Waals surface area contributed by atoms with Gasteiger partial charge in [-0.3, -0.25) is 19.4 Å². The predicted octanol–water partition coefficient (Wildman–Crippen LogP) is 1.47. The van der Waals surface area contributed by atoms with E-state index in [1.165, 1.54) is 31.2 Å². The van der Waals surface area contributed by atoms with Gasteiger partial charge in [-0.15, -0.1) is 0 Å². The number of esters is 1. The third-order valence-electron chi connectivity index (χ3n) is 3.19. The molecule has 0 radical (unpaired) electrons. The average molecular weight is 401 g/mol. The second-order valence-electron chi connectivity index (χ2n) is 5.13. The number of aromatic amines is 1. The highest BCUT2D eigenvalue weighted by Gasteiger charge is 2.28. The van der Waals surface area contributed by atoms with Gasteiger partial charge < -0.3 is 10.1 Å². The molecule has 0 aliphatic carbocycles. The Morgan fingerprint density at radius 2 is 1.92 bits per heavy atom. The first-order chi connectivity index (χ1) is 12.2. The quantitative estimate of drug-likeness (QED) is 0.603. The lowest BCUT2D eigenvalue weighted by molar-refractivity contribution is -0.141. The van der Waals surface area contributed by atoms with Crippen molar-refractivity contribution < 1.29 is 22.7 Å². The number of anilines is 1. The van der Waals surface area contributed by atoms with Crippen LogP contribution in [0.25, 0.3) is 0 Å². The fourth-order valence-electron chi connectivity index (χ4n) is 2.04. The molecule has 140 valence electrons. The Kier molecular flexibility index (Phi) is 6.22. The van der Waals surface area contributed by atoms with Crippen molar-refractivity contribution in [2.75, 3.05) is 17.9 Å². The zero-order valence-corrected chi connectivity index (χ0v) is 15.6. The van der Waals surface area contributed by atoms with E-state index in [0.29, 0.717) is 5.02 Å². The van der Waals surface area contributed by atoms with Crippen LogP contribution < -0.4 is 10.0 Å². The van der Waals surface area contributed by atoms with Crippen molar-refractivity contribution in [1.82, 2.24) is 15.5 Å². The number of hydrogen-bond acceptors (Lipinski definition) is 6. The lowest BCUT2D eigenvalue weighted by Crippen LogP contribution is -2.32. The molecule has 0 spiro atoms. The lowest BCUT2D eigenvalue weighted by atomic mass is 10.2. The molecule has 3 N–H and O–H groups in total. The zero-order chi connectivity index (χ0) is 19.3. The molecular weight excluding hydrogens is 384 g/mol. The van der Waals surface area contributed by atoms with E-state index in [9.17, 15) is 18.0 Å². The molecule has 2 aromatic rings. The van der Waals surface area contributed by atoms with Crippen LogP contribution in [0.5, 0.6) is 0 Å². The molecule has 1 heterocycles. The van der Waals surface area contributed by atoms with E-state index in [2.05, 4.69) is 20.2 Å². The van der Waals surface area contributed by atoms with Gasteiger partial charge in [-0.2, -0.15) is 13.5 Å². The smallest absolute Gasteiger partial charge is 0.325 e. The number of H-pyrrole nitrogens is 1. The maximum Gasteiger partial charge on any atom is 0.325 e. The van der Waals surface area contributed by atoms with Crippen LogP contribution in [0, 0.1) is 6.92 Å². The van der Waals surface area contributed by atoms with Crippen molar-refractivity contribution in [1.29, 1.82) is 0 Å². The predicted molar refractivity (Wildman–Crippen MR) is 94.6 cm³/mol. The van der Waals surface area contributed by atoms with Crippen molar-refractivity contribution in [3.63, 3.8) is 0 Å². The summed E-state index contributed by atoms with van der Waals surface area (Å²) in [6.45, 7) is 2.91. The molecule has 0 unspecified atom stereocenters. The number of nitrogens with zero attached hydrogens (tertiary/aromatic N) is 1. The molecule has 0 saturated carbocycles. The molecule has 0 aliphatic rings. The summed E-state index contributed by atoms with van der Waals surface area (Å²) in [6, 6.07) is 5.98. The van der Waals surface area contributed by atoms with Gasteiger partial charge in [0, 0.05) is 16.4 Å². The van der Waals surface area contributed by atoms with Gasteiger partial charge in [-0.05, 0) is 38.1 Å². The summed E-state index contributed by atoms with van der Waals surface area (Å²) in [5.74, 6) is -1.40. The van der Waals surface area contributed by atoms with E-state index in [0.717, 1.165) is 0 Å². The van der Waals surface area contributed by atoms with Crippen molar-refractivity contribution in [3.05, 3.63) is 40.5 Å². The topological polar surface area (TPSA) is 130 Å². The minimum Gasteiger partial charge on any atom is -0.465 e. The normalized spacial score (nSPS) is 11.0. The molecule has 11 heteroatoms. The number of carbonyl (C=O) groups excluding carboxylic acids is 2. The third kappa shape index (κ3) is 4.73. The number of halogens is 1. The highest BCUT2D eigenvalue weighted by Crippen LogP contribution is 2.21. The minimum absolute atomic E-state index is 0.171. The van der Waals surface area contributed by atoms with Crippen LogP contribution in [-0.4, -0.2) is 43.6 Å². The van der Waals surface area contributed by atoms with Gasteiger partial charge in [0.05, 0.1) is 6.61 Å². The van der Waals surface area contributed by atoms with Gasteiger partial charge in [0.1, 0.15) is 12.1 Å². The van der Waals surface area contributed by atoms with Gasteiger partial charge in [0.2, 0.25) is 5.03 Å². The van der Waals surface area contributed by atoms with Crippen molar-refractivity contribution in [2.24, 2.45) is 0 Å². The number of rotatable bonds is 7. The Balaban J connectivity index is 2.23. The second-order valence-corrected chi connectivity index (χ2v) is 7.16. The van der Waals surface area contributed by atoms with E-state index < -0.39 is 26.9 Å². The monoisotopic (exact) mass is 400 g/mol. The van der Waals surface area contributed by atoms with Crippen LogP contribution in [0.1, 0.15) is 23.0 Å². The average Bonchev–Trinajstić information content (AvgIpc) is 2.97. The Labute approximate surface area is 155 Å². The molecule has 2 rings (SSSR count). The fraction of sp³-hybridized carbons (Fsp3) is 0.267. The summed E-state index contributed by atoms with van der Waals surface area (Å²) in [5.41, 5.74) is 0.312. The van der Waals surface area contributed by atoms with E-state index in [1.54, 1.807) is 6.92 Å². The maximum atomic E-state index is 12.6. The number of nitrogens with one attached hydrogen (secondary N) is 3. The van der Waals surface area contributed by atoms with Crippen LogP contribution in [0.2, 0.25) is 5.02 Å².